The van der Waals surface area contributed by atoms with Crippen LogP contribution >= 0.6 is 0 Å². The molecule has 0 atom stereocenters. The molecule has 0 amide bonds. The minimum absolute atomic E-state index is 0.407. The van der Waals surface area contributed by atoms with Crippen LogP contribution in [-0.4, -0.2) is 75.8 Å². The molecule has 6 N–H and O–H groups in total. The van der Waals surface area contributed by atoms with Crippen LogP contribution < -0.4 is 0 Å². The van der Waals surface area contributed by atoms with Crippen LogP contribution in [0.3, 0.4) is 0 Å². The van der Waals surface area contributed by atoms with Crippen LogP contribution in [0.25, 0.3) is 0 Å². The van der Waals surface area contributed by atoms with E-state index in [4.69, 9.17) is 8.94 Å². The summed E-state index contributed by atoms with van der Waals surface area (Å²) in [6.07, 6.45) is 24.6. The van der Waals surface area contributed by atoms with E-state index in [0.717, 1.165) is 23.2 Å². The van der Waals surface area contributed by atoms with Crippen molar-refractivity contribution in [1.29, 1.82) is 0 Å². The van der Waals surface area contributed by atoms with Gasteiger partial charge in [-0.05, 0) is 53.2 Å². The summed E-state index contributed by atoms with van der Waals surface area (Å²) in [4.78, 5) is 24.9. The summed E-state index contributed by atoms with van der Waals surface area (Å²) in [5.74, 6) is 7.54. The van der Waals surface area contributed by atoms with Gasteiger partial charge in [0, 0.05) is 96.0 Å². The van der Waals surface area contributed by atoms with Gasteiger partial charge < -0.3 is 28.4 Å². The number of hydrogen-bond acceptors (Lipinski definition) is 12. The van der Waals surface area contributed by atoms with Gasteiger partial charge in [0.25, 0.3) is 0 Å². The lowest BCUT2D eigenvalue weighted by molar-refractivity contribution is 0.371. The first-order chi connectivity index (χ1) is 43.2. The molecule has 0 saturated carbocycles. The Bertz CT molecular complexity index is 1840. The Hall–Kier alpha value is -7.11. The van der Waals surface area contributed by atoms with E-state index in [0.29, 0.717) is 53.3 Å². The average molecular weight is 1270 g/mol. The van der Waals surface area contributed by atoms with Gasteiger partial charge in [0.05, 0.1) is 36.9 Å². The lowest BCUT2D eigenvalue weighted by Gasteiger charge is -1.95. The maximum atomic E-state index is 4.98. The van der Waals surface area contributed by atoms with Gasteiger partial charge in [-0.1, -0.05) is 260 Å². The summed E-state index contributed by atoms with van der Waals surface area (Å²) in [7, 11) is 0. The fourth-order valence-corrected chi connectivity index (χ4v) is 5.07. The quantitative estimate of drug-likeness (QED) is 0.0790. The predicted octanol–water partition coefficient (Wildman–Crippen LogP) is 23.8. The van der Waals surface area contributed by atoms with E-state index in [1.807, 2.05) is 194 Å². The maximum Gasteiger partial charge on any atom is 0.196 e. The monoisotopic (exact) mass is 1260 g/mol. The van der Waals surface area contributed by atoms with Crippen LogP contribution in [0, 0.1) is 0 Å². The van der Waals surface area contributed by atoms with Crippen molar-refractivity contribution in [2.24, 2.45) is 0 Å². The first kappa shape index (κ1) is 102. The molecule has 9 heterocycles. The molecule has 9 rings (SSSR count). The van der Waals surface area contributed by atoms with Gasteiger partial charge >= 0.3 is 0 Å². The van der Waals surface area contributed by atoms with E-state index in [1.165, 1.54) is 28.3 Å². The summed E-state index contributed by atoms with van der Waals surface area (Å²) in [6.45, 7) is 74.0. The Kier molecular flexibility index (Phi) is 88.2. The van der Waals surface area contributed by atoms with Crippen molar-refractivity contribution >= 4 is 0 Å². The lowest BCUT2D eigenvalue weighted by atomic mass is 10.1. The van der Waals surface area contributed by atoms with Crippen LogP contribution in [0.15, 0.2) is 125 Å². The van der Waals surface area contributed by atoms with E-state index >= 15 is 0 Å². The zero-order chi connectivity index (χ0) is 71.8. The molecule has 9 aromatic rings. The number of oxazole rings is 1. The third kappa shape index (κ3) is 61.1. The summed E-state index contributed by atoms with van der Waals surface area (Å²) in [6, 6.07) is 7.74. The molecule has 0 aromatic carbocycles. The van der Waals surface area contributed by atoms with Gasteiger partial charge in [0.1, 0.15) is 24.1 Å². The summed E-state index contributed by atoms with van der Waals surface area (Å²) in [5, 5.41) is 27.3. The van der Waals surface area contributed by atoms with Gasteiger partial charge in [-0.3, -0.25) is 15.3 Å². The van der Waals surface area contributed by atoms with Crippen LogP contribution in [0.2, 0.25) is 0 Å². The van der Waals surface area contributed by atoms with Crippen molar-refractivity contribution in [2.75, 3.05) is 0 Å². The fourth-order valence-electron chi connectivity index (χ4n) is 5.07. The van der Waals surface area contributed by atoms with Crippen molar-refractivity contribution in [2.45, 2.75) is 303 Å². The highest BCUT2D eigenvalue weighted by atomic mass is 16.5. The predicted molar refractivity (Wildman–Crippen MR) is 390 cm³/mol. The Labute approximate surface area is 552 Å². The molecule has 0 aliphatic carbocycles. The zero-order valence-corrected chi connectivity index (χ0v) is 64.3. The number of imidazole rings is 3. The maximum absolute atomic E-state index is 4.98. The number of rotatable bonds is 9. The second kappa shape index (κ2) is 78.0. The fraction of sp³-hybridized carbons (Fsp3) is 0.625. The Morgan fingerprint density at radius 3 is 0.989 bits per heavy atom. The number of hydrogen-bond donors (Lipinski definition) is 6. The minimum atomic E-state index is 0.407. The topological polar surface area (TPSA) is 250 Å². The van der Waals surface area contributed by atoms with Crippen LogP contribution in [0.4, 0.5) is 0 Å². The van der Waals surface area contributed by atoms with Crippen molar-refractivity contribution in [1.82, 2.24) is 75.8 Å². The summed E-state index contributed by atoms with van der Waals surface area (Å²) >= 11 is 0. The Morgan fingerprint density at radius 2 is 0.833 bits per heavy atom. The van der Waals surface area contributed by atoms with Gasteiger partial charge in [-0.25, -0.2) is 19.9 Å². The molecule has 18 nitrogen and oxygen atoms in total. The number of nitrogens with one attached hydrogen (secondary N) is 6. The van der Waals surface area contributed by atoms with E-state index < -0.39 is 0 Å². The molecule has 0 spiro atoms. The van der Waals surface area contributed by atoms with Crippen molar-refractivity contribution < 1.29 is 13.5 Å². The smallest absolute Gasteiger partial charge is 0.196 e. The normalized spacial score (nSPS) is 8.90. The molecule has 0 fully saturated rings. The minimum Gasteiger partial charge on any atom is -0.449 e. The molecular weight excluding hydrogens is 1120 g/mol. The summed E-state index contributed by atoms with van der Waals surface area (Å²) in [5.41, 5.74) is 7.08. The van der Waals surface area contributed by atoms with Crippen molar-refractivity contribution in [3.8, 4) is 0 Å². The summed E-state index contributed by atoms with van der Waals surface area (Å²) < 4.78 is 14.5. The standard InChI is InChI=1S/6C6H10N2.3C6H9NO.9C2H6/c2*1-5(2)6-3-7-4-8-6;1-5(2)6-3-7-8-4-6;1-5(2)6-7-3-4-8-6;2*1-5(2)6-3-4-7-8-6;1-5(2)6-7-3-4-8-6;1-5(2)6-3-4-8-7-6;1-5(2)6-3-4-7-8-6;9*1-2/h6*3-5H,1-2H3,(H,7,8);3*3-5H,1-2H3;9*1-2H3. The van der Waals surface area contributed by atoms with Crippen LogP contribution in [0.5, 0.6) is 0 Å². The largest absolute Gasteiger partial charge is 0.449 e. The number of H-pyrrole nitrogens is 6. The van der Waals surface area contributed by atoms with Crippen molar-refractivity contribution in [3.63, 3.8) is 0 Å². The molecule has 0 unspecified atom stereocenters. The molecule has 90 heavy (non-hydrogen) atoms. The Morgan fingerprint density at radius 1 is 0.378 bits per heavy atom. The highest BCUT2D eigenvalue weighted by Gasteiger charge is 2.03. The van der Waals surface area contributed by atoms with Gasteiger partial charge in [0.2, 0.25) is 0 Å². The van der Waals surface area contributed by atoms with Gasteiger partial charge in [-0.2, -0.15) is 15.3 Å². The molecule has 0 radical (unpaired) electrons. The molecule has 522 valence electrons. The van der Waals surface area contributed by atoms with Crippen LogP contribution in [0.1, 0.15) is 354 Å². The average Bonchev–Trinajstić information content (AvgIpc) is 4.50. The number of aromatic amines is 6. The molecule has 18 heteroatoms. The highest BCUT2D eigenvalue weighted by Crippen LogP contribution is 2.14. The van der Waals surface area contributed by atoms with E-state index in [9.17, 15) is 0 Å². The second-order valence-electron chi connectivity index (χ2n) is 19.1. The molecule has 9 aromatic heterocycles. The molecule has 0 bridgehead atoms. The van der Waals surface area contributed by atoms with E-state index in [1.54, 1.807) is 56.2 Å². The molecular formula is C72H141N15O3. The third-order valence-corrected chi connectivity index (χ3v) is 9.85. The molecule has 0 aliphatic heterocycles. The van der Waals surface area contributed by atoms with E-state index in [2.05, 4.69) is 191 Å². The van der Waals surface area contributed by atoms with Gasteiger partial charge in [-0.15, -0.1) is 0 Å². The second-order valence-corrected chi connectivity index (χ2v) is 19.1. The SMILES string of the molecule is CC.CC.CC.CC.CC.CC.CC.CC.CC.CC(C)c1ccn[nH]1.CC(C)c1ccn[nH]1.CC(C)c1ccno1.CC(C)c1ccon1.CC(C)c1cn[nH]c1.CC(C)c1cnc[nH]1.CC(C)c1cnc[nH]1.CC(C)c1ncc[nH]1.CC(C)c1ncco1. The van der Waals surface area contributed by atoms with E-state index in [-0.39, 0.29) is 0 Å². The molecule has 0 aliphatic rings. The number of nitrogens with zero attached hydrogens (tertiary/aromatic N) is 9. The first-order valence-corrected chi connectivity index (χ1v) is 33.9. The zero-order valence-electron chi connectivity index (χ0n) is 64.3. The lowest BCUT2D eigenvalue weighted by Crippen LogP contribution is -1.87. The highest BCUT2D eigenvalue weighted by molar-refractivity contribution is 5.07. The molecule has 0 saturated heterocycles. The van der Waals surface area contributed by atoms with Gasteiger partial charge in [0.15, 0.2) is 5.89 Å². The first-order valence-electron chi connectivity index (χ1n) is 33.9. The van der Waals surface area contributed by atoms with Crippen molar-refractivity contribution in [3.05, 3.63) is 163 Å². The number of aromatic nitrogens is 15. The third-order valence-electron chi connectivity index (χ3n) is 9.85. The Balaban J connectivity index is -0.000000113. The van der Waals surface area contributed by atoms with Crippen LogP contribution in [-0.2, 0) is 0 Å².